The summed E-state index contributed by atoms with van der Waals surface area (Å²) >= 11 is 4.71. The number of oxime groups is 1. The zero-order valence-electron chi connectivity index (χ0n) is 11.2. The Labute approximate surface area is 134 Å². The van der Waals surface area contributed by atoms with Crippen LogP contribution in [0.2, 0.25) is 0 Å². The van der Waals surface area contributed by atoms with Gasteiger partial charge in [-0.1, -0.05) is 35.5 Å². The molecule has 1 aromatic carbocycles. The van der Waals surface area contributed by atoms with Crippen molar-refractivity contribution in [3.05, 3.63) is 50.9 Å². The molecule has 0 aliphatic carbocycles. The minimum absolute atomic E-state index is 0.151. The van der Waals surface area contributed by atoms with Crippen molar-refractivity contribution in [3.63, 3.8) is 0 Å². The van der Waals surface area contributed by atoms with Gasteiger partial charge >= 0.3 is 0 Å². The molecular weight excluding hydrogens is 356 g/mol. The van der Waals surface area contributed by atoms with Gasteiger partial charge in [-0.2, -0.15) is 0 Å². The first-order valence-corrected chi connectivity index (χ1v) is 7.62. The van der Waals surface area contributed by atoms with Crippen LogP contribution in [0, 0.1) is 5.41 Å². The zero-order valence-corrected chi connectivity index (χ0v) is 13.6. The third-order valence-electron chi connectivity index (χ3n) is 2.46. The Hall–Kier alpha value is -1.77. The van der Waals surface area contributed by atoms with Crippen LogP contribution in [0.5, 0.6) is 0 Å². The predicted molar refractivity (Wildman–Crippen MR) is 84.9 cm³/mol. The molecule has 0 aliphatic heterocycles. The summed E-state index contributed by atoms with van der Waals surface area (Å²) in [5.41, 5.74) is 0.931. The Kier molecular flexibility index (Phi) is 5.43. The van der Waals surface area contributed by atoms with E-state index in [1.165, 1.54) is 18.4 Å². The number of benzene rings is 1. The number of aromatic nitrogens is 1. The summed E-state index contributed by atoms with van der Waals surface area (Å²) in [6.07, 6.45) is 0. The first-order chi connectivity index (χ1) is 10.1. The van der Waals surface area contributed by atoms with Crippen molar-refractivity contribution in [3.8, 4) is 0 Å². The maximum Gasteiger partial charge on any atom is 0.174 e. The van der Waals surface area contributed by atoms with Crippen LogP contribution < -0.4 is 0 Å². The van der Waals surface area contributed by atoms with Gasteiger partial charge in [-0.15, -0.1) is 11.3 Å². The van der Waals surface area contributed by atoms with Gasteiger partial charge in [-0.25, -0.2) is 10.0 Å². The van der Waals surface area contributed by atoms with Gasteiger partial charge in [0.2, 0.25) is 0 Å². The summed E-state index contributed by atoms with van der Waals surface area (Å²) < 4.78 is 0.751. The summed E-state index contributed by atoms with van der Waals surface area (Å²) in [5.74, 6) is -0.151. The van der Waals surface area contributed by atoms with Crippen molar-refractivity contribution in [2.75, 3.05) is 7.05 Å². The molecule has 0 saturated carbocycles. The molecule has 6 nitrogen and oxygen atoms in total. The number of thiazole rings is 1. The number of likely N-dealkylation sites (N-methyl/N-ethyl adjacent to an activating group) is 1. The summed E-state index contributed by atoms with van der Waals surface area (Å²) in [6, 6.07) is 9.10. The first-order valence-electron chi connectivity index (χ1n) is 5.94. The number of hydrogen-bond acceptors (Lipinski definition) is 6. The van der Waals surface area contributed by atoms with E-state index in [4.69, 9.17) is 10.2 Å². The highest BCUT2D eigenvalue weighted by atomic mass is 79.9. The molecule has 0 radical (unpaired) electrons. The molecule has 0 saturated heterocycles. The quantitative estimate of drug-likeness (QED) is 0.482. The van der Waals surface area contributed by atoms with Crippen LogP contribution in [0.1, 0.15) is 10.6 Å². The molecule has 2 rings (SSSR count). The standard InChI is InChI=1S/C13H13BrN4O2S/c1-18(19)13(15)12(9-5-3-2-4-6-9)17-20-7-11-16-10(14)8-21-11/h2-6,8,15,19H,7H2,1H3/b15-13?,17-12-. The second-order valence-electron chi connectivity index (χ2n) is 4.02. The van der Waals surface area contributed by atoms with E-state index in [0.717, 1.165) is 9.61 Å². The predicted octanol–water partition coefficient (Wildman–Crippen LogP) is 3.12. The van der Waals surface area contributed by atoms with Crippen molar-refractivity contribution in [2.45, 2.75) is 6.61 Å². The Morgan fingerprint density at radius 2 is 2.19 bits per heavy atom. The Bertz CT molecular complexity index is 643. The third kappa shape index (κ3) is 4.35. The molecule has 0 spiro atoms. The van der Waals surface area contributed by atoms with Crippen LogP contribution in [0.4, 0.5) is 0 Å². The van der Waals surface area contributed by atoms with Crippen LogP contribution in [0.3, 0.4) is 0 Å². The summed E-state index contributed by atoms with van der Waals surface area (Å²) in [4.78, 5) is 9.45. The van der Waals surface area contributed by atoms with Gasteiger partial charge < -0.3 is 4.84 Å². The molecule has 2 aromatic rings. The third-order valence-corrected chi connectivity index (χ3v) is 3.99. The second-order valence-corrected chi connectivity index (χ2v) is 5.77. The largest absolute Gasteiger partial charge is 0.388 e. The molecule has 2 N–H and O–H groups in total. The van der Waals surface area contributed by atoms with E-state index in [1.807, 2.05) is 23.6 Å². The van der Waals surface area contributed by atoms with E-state index in [2.05, 4.69) is 26.1 Å². The molecule has 0 unspecified atom stereocenters. The molecule has 0 aliphatic rings. The molecule has 1 heterocycles. The fraction of sp³-hybridized carbons (Fsp3) is 0.154. The molecule has 8 heteroatoms. The van der Waals surface area contributed by atoms with Crippen LogP contribution in [0.15, 0.2) is 45.5 Å². The van der Waals surface area contributed by atoms with Gasteiger partial charge in [0.1, 0.15) is 9.61 Å². The molecular formula is C13H13BrN4O2S. The van der Waals surface area contributed by atoms with Gasteiger partial charge in [0.15, 0.2) is 18.2 Å². The number of amidine groups is 1. The van der Waals surface area contributed by atoms with E-state index in [1.54, 1.807) is 12.1 Å². The van der Waals surface area contributed by atoms with E-state index in [-0.39, 0.29) is 18.2 Å². The molecule has 0 fully saturated rings. The van der Waals surface area contributed by atoms with Gasteiger partial charge in [0.05, 0.1) is 0 Å². The topological polar surface area (TPSA) is 81.8 Å². The highest BCUT2D eigenvalue weighted by Gasteiger charge is 2.14. The number of rotatable bonds is 5. The van der Waals surface area contributed by atoms with Crippen LogP contribution in [0.25, 0.3) is 0 Å². The maximum atomic E-state index is 9.43. The molecule has 21 heavy (non-hydrogen) atoms. The van der Waals surface area contributed by atoms with Crippen molar-refractivity contribution in [1.82, 2.24) is 10.0 Å². The molecule has 110 valence electrons. The lowest BCUT2D eigenvalue weighted by Crippen LogP contribution is -2.30. The van der Waals surface area contributed by atoms with E-state index >= 15 is 0 Å². The molecule has 0 amide bonds. The Morgan fingerprint density at radius 3 is 2.76 bits per heavy atom. The number of hydrogen-bond donors (Lipinski definition) is 2. The first kappa shape index (κ1) is 15.6. The van der Waals surface area contributed by atoms with Crippen molar-refractivity contribution in [1.29, 1.82) is 5.41 Å². The van der Waals surface area contributed by atoms with Gasteiger partial charge in [0.25, 0.3) is 0 Å². The zero-order chi connectivity index (χ0) is 15.2. The molecule has 0 atom stereocenters. The Morgan fingerprint density at radius 1 is 1.48 bits per heavy atom. The lowest BCUT2D eigenvalue weighted by molar-refractivity contribution is 0.0148. The molecule has 0 bridgehead atoms. The average molecular weight is 369 g/mol. The van der Waals surface area contributed by atoms with Crippen LogP contribution in [-0.2, 0) is 11.4 Å². The fourth-order valence-corrected chi connectivity index (χ4v) is 2.66. The smallest absolute Gasteiger partial charge is 0.174 e. The highest BCUT2D eigenvalue weighted by molar-refractivity contribution is 9.10. The van der Waals surface area contributed by atoms with Crippen molar-refractivity contribution in [2.24, 2.45) is 5.16 Å². The van der Waals surface area contributed by atoms with E-state index < -0.39 is 0 Å². The highest BCUT2D eigenvalue weighted by Crippen LogP contribution is 2.15. The van der Waals surface area contributed by atoms with Crippen LogP contribution in [-0.4, -0.2) is 33.8 Å². The number of hydroxylamine groups is 2. The normalized spacial score (nSPS) is 11.3. The lowest BCUT2D eigenvalue weighted by Gasteiger charge is -2.13. The fourth-order valence-electron chi connectivity index (χ4n) is 1.49. The van der Waals surface area contributed by atoms with Crippen LogP contribution >= 0.6 is 27.3 Å². The SMILES string of the molecule is CN(O)C(=N)/C(=N\OCc1nc(Br)cs1)c1ccccc1. The van der Waals surface area contributed by atoms with E-state index in [0.29, 0.717) is 10.6 Å². The van der Waals surface area contributed by atoms with Gasteiger partial charge in [-0.05, 0) is 15.9 Å². The second kappa shape index (κ2) is 7.30. The monoisotopic (exact) mass is 368 g/mol. The number of nitrogens with one attached hydrogen (secondary N) is 1. The minimum atomic E-state index is -0.151. The maximum absolute atomic E-state index is 9.43. The minimum Gasteiger partial charge on any atom is -0.388 e. The summed E-state index contributed by atoms with van der Waals surface area (Å²) in [7, 11) is 1.36. The van der Waals surface area contributed by atoms with E-state index in [9.17, 15) is 5.21 Å². The van der Waals surface area contributed by atoms with Gasteiger partial charge in [0, 0.05) is 18.0 Å². The average Bonchev–Trinajstić information content (AvgIpc) is 2.89. The Balaban J connectivity index is 2.15. The summed E-state index contributed by atoms with van der Waals surface area (Å²) in [5, 5.41) is 24.6. The van der Waals surface area contributed by atoms with Crippen molar-refractivity contribution < 1.29 is 10.0 Å². The number of halogens is 1. The summed E-state index contributed by atoms with van der Waals surface area (Å²) in [6.45, 7) is 0.203. The van der Waals surface area contributed by atoms with Gasteiger partial charge in [-0.3, -0.25) is 10.6 Å². The lowest BCUT2D eigenvalue weighted by atomic mass is 10.1. The number of nitrogens with zero attached hydrogens (tertiary/aromatic N) is 3. The molecule has 1 aromatic heterocycles. The van der Waals surface area contributed by atoms with Crippen molar-refractivity contribution >= 4 is 38.8 Å².